The van der Waals surface area contributed by atoms with E-state index in [0.29, 0.717) is 0 Å². The monoisotopic (exact) mass is 218 g/mol. The number of hydrogen-bond donors (Lipinski definition) is 1. The first-order valence-corrected chi connectivity index (χ1v) is 5.62. The largest absolute Gasteiger partial charge is 0.395 e. The van der Waals surface area contributed by atoms with Gasteiger partial charge in [-0.1, -0.05) is 12.1 Å². The molecule has 0 spiro atoms. The van der Waals surface area contributed by atoms with Crippen molar-refractivity contribution in [1.82, 2.24) is 0 Å². The van der Waals surface area contributed by atoms with Crippen LogP contribution in [0.1, 0.15) is 25.3 Å². The summed E-state index contributed by atoms with van der Waals surface area (Å²) in [5, 5.41) is 17.8. The molecule has 1 unspecified atom stereocenters. The third-order valence-electron chi connectivity index (χ3n) is 2.76. The second-order valence-electron chi connectivity index (χ2n) is 3.63. The average molecular weight is 218 g/mol. The number of nitriles is 1. The molecule has 1 aromatic carbocycles. The molecule has 0 amide bonds. The standard InChI is InChI=1S/C13H18N2O/c1-3-15(4-2)13-7-5-11(6-8-13)12(9-14)10-16/h5-8,12,16H,3-4,10H2,1-2H3. The summed E-state index contributed by atoms with van der Waals surface area (Å²) in [7, 11) is 0. The van der Waals surface area contributed by atoms with Crippen LogP contribution in [0.5, 0.6) is 0 Å². The number of aliphatic hydroxyl groups excluding tert-OH is 1. The molecule has 3 nitrogen and oxygen atoms in total. The van der Waals surface area contributed by atoms with Crippen molar-refractivity contribution < 1.29 is 5.11 Å². The van der Waals surface area contributed by atoms with Gasteiger partial charge in [0.05, 0.1) is 18.6 Å². The Labute approximate surface area is 96.9 Å². The fourth-order valence-corrected chi connectivity index (χ4v) is 1.73. The van der Waals surface area contributed by atoms with Gasteiger partial charge >= 0.3 is 0 Å². The van der Waals surface area contributed by atoms with Crippen LogP contribution in [0.25, 0.3) is 0 Å². The normalized spacial score (nSPS) is 11.9. The number of benzene rings is 1. The Balaban J connectivity index is 2.86. The number of rotatable bonds is 5. The Hall–Kier alpha value is -1.53. The maximum Gasteiger partial charge on any atom is 0.0943 e. The fraction of sp³-hybridized carbons (Fsp3) is 0.462. The van der Waals surface area contributed by atoms with Crippen LogP contribution in [0.15, 0.2) is 24.3 Å². The van der Waals surface area contributed by atoms with E-state index in [1.54, 1.807) is 0 Å². The van der Waals surface area contributed by atoms with Crippen LogP contribution >= 0.6 is 0 Å². The van der Waals surface area contributed by atoms with Crippen molar-refractivity contribution in [3.05, 3.63) is 29.8 Å². The molecular weight excluding hydrogens is 200 g/mol. The molecule has 1 atom stereocenters. The summed E-state index contributed by atoms with van der Waals surface area (Å²) in [5.41, 5.74) is 2.03. The fourth-order valence-electron chi connectivity index (χ4n) is 1.73. The van der Waals surface area contributed by atoms with Gasteiger partial charge in [-0.25, -0.2) is 0 Å². The summed E-state index contributed by atoms with van der Waals surface area (Å²) in [6.45, 7) is 6.04. The van der Waals surface area contributed by atoms with E-state index in [2.05, 4.69) is 24.8 Å². The molecule has 0 aliphatic carbocycles. The Morgan fingerprint density at radius 2 is 1.81 bits per heavy atom. The van der Waals surface area contributed by atoms with Crippen LogP contribution in [0, 0.1) is 11.3 Å². The lowest BCUT2D eigenvalue weighted by atomic mass is 10.0. The van der Waals surface area contributed by atoms with Gasteiger partial charge in [-0.15, -0.1) is 0 Å². The molecule has 0 aliphatic rings. The molecule has 1 N–H and O–H groups in total. The molecule has 16 heavy (non-hydrogen) atoms. The summed E-state index contributed by atoms with van der Waals surface area (Å²) in [5.74, 6) is -0.411. The third kappa shape index (κ3) is 2.74. The molecule has 0 saturated carbocycles. The second-order valence-corrected chi connectivity index (χ2v) is 3.63. The Bertz CT molecular complexity index is 349. The molecule has 0 saturated heterocycles. The van der Waals surface area contributed by atoms with E-state index < -0.39 is 5.92 Å². The van der Waals surface area contributed by atoms with Crippen molar-refractivity contribution in [2.45, 2.75) is 19.8 Å². The summed E-state index contributed by atoms with van der Waals surface area (Å²) >= 11 is 0. The highest BCUT2D eigenvalue weighted by Crippen LogP contribution is 2.19. The Kier molecular flexibility index (Phi) is 4.81. The molecule has 0 bridgehead atoms. The summed E-state index contributed by atoms with van der Waals surface area (Å²) < 4.78 is 0. The Morgan fingerprint density at radius 3 is 2.19 bits per heavy atom. The van der Waals surface area contributed by atoms with Crippen LogP contribution in [-0.2, 0) is 0 Å². The predicted octanol–water partition coefficient (Wildman–Crippen LogP) is 2.13. The molecule has 0 fully saturated rings. The first kappa shape index (κ1) is 12.5. The second kappa shape index (κ2) is 6.14. The van der Waals surface area contributed by atoms with Crippen molar-refractivity contribution in [3.63, 3.8) is 0 Å². The average Bonchev–Trinajstić information content (AvgIpc) is 2.34. The maximum atomic E-state index is 9.02. The zero-order valence-corrected chi connectivity index (χ0v) is 9.85. The summed E-state index contributed by atoms with van der Waals surface area (Å²) in [6, 6.07) is 9.91. The van der Waals surface area contributed by atoms with Crippen molar-refractivity contribution in [1.29, 1.82) is 5.26 Å². The highest BCUT2D eigenvalue weighted by molar-refractivity contribution is 5.48. The minimum Gasteiger partial charge on any atom is -0.395 e. The van der Waals surface area contributed by atoms with Gasteiger partial charge in [-0.2, -0.15) is 5.26 Å². The zero-order valence-electron chi connectivity index (χ0n) is 9.85. The van der Waals surface area contributed by atoms with Crippen molar-refractivity contribution in [3.8, 4) is 6.07 Å². The SMILES string of the molecule is CCN(CC)c1ccc(C(C#N)CO)cc1. The predicted molar refractivity (Wildman–Crippen MR) is 65.4 cm³/mol. The van der Waals surface area contributed by atoms with Gasteiger partial charge in [0.25, 0.3) is 0 Å². The summed E-state index contributed by atoms with van der Waals surface area (Å²) in [6.07, 6.45) is 0. The lowest BCUT2D eigenvalue weighted by Gasteiger charge is -2.21. The van der Waals surface area contributed by atoms with Crippen LogP contribution < -0.4 is 4.90 Å². The Morgan fingerprint density at radius 1 is 1.25 bits per heavy atom. The lowest BCUT2D eigenvalue weighted by molar-refractivity contribution is 0.286. The van der Waals surface area contributed by atoms with Crippen LogP contribution in [-0.4, -0.2) is 24.8 Å². The first-order chi connectivity index (χ1) is 7.76. The van der Waals surface area contributed by atoms with Gasteiger partial charge in [-0.3, -0.25) is 0 Å². The molecule has 3 heteroatoms. The third-order valence-corrected chi connectivity index (χ3v) is 2.76. The minimum absolute atomic E-state index is 0.124. The number of hydrogen-bond acceptors (Lipinski definition) is 3. The topological polar surface area (TPSA) is 47.3 Å². The van der Waals surface area contributed by atoms with Gasteiger partial charge < -0.3 is 10.0 Å². The van der Waals surface area contributed by atoms with Crippen LogP contribution in [0.2, 0.25) is 0 Å². The molecule has 0 aromatic heterocycles. The van der Waals surface area contributed by atoms with Crippen molar-refractivity contribution in [2.24, 2.45) is 0 Å². The highest BCUT2D eigenvalue weighted by Gasteiger charge is 2.09. The van der Waals surface area contributed by atoms with Gasteiger partial charge in [-0.05, 0) is 31.5 Å². The number of nitrogens with zero attached hydrogens (tertiary/aromatic N) is 2. The quantitative estimate of drug-likeness (QED) is 0.823. The molecule has 1 rings (SSSR count). The highest BCUT2D eigenvalue weighted by atomic mass is 16.3. The van der Waals surface area contributed by atoms with E-state index >= 15 is 0 Å². The summed E-state index contributed by atoms with van der Waals surface area (Å²) in [4.78, 5) is 2.24. The van der Waals surface area contributed by atoms with Crippen molar-refractivity contribution >= 4 is 5.69 Å². The smallest absolute Gasteiger partial charge is 0.0943 e. The van der Waals surface area contributed by atoms with Gasteiger partial charge in [0, 0.05) is 18.8 Å². The van der Waals surface area contributed by atoms with E-state index in [4.69, 9.17) is 10.4 Å². The lowest BCUT2D eigenvalue weighted by Crippen LogP contribution is -2.21. The van der Waals surface area contributed by atoms with E-state index in [0.717, 1.165) is 24.3 Å². The molecular formula is C13H18N2O. The van der Waals surface area contributed by atoms with Crippen LogP contribution in [0.3, 0.4) is 0 Å². The first-order valence-electron chi connectivity index (χ1n) is 5.62. The minimum atomic E-state index is -0.411. The van der Waals surface area contributed by atoms with Gasteiger partial charge in [0.2, 0.25) is 0 Å². The van der Waals surface area contributed by atoms with E-state index in [-0.39, 0.29) is 6.61 Å². The molecule has 0 aliphatic heterocycles. The number of aliphatic hydroxyl groups is 1. The van der Waals surface area contributed by atoms with E-state index in [1.165, 1.54) is 0 Å². The number of anilines is 1. The molecule has 1 aromatic rings. The maximum absolute atomic E-state index is 9.02. The van der Waals surface area contributed by atoms with Gasteiger partial charge in [0.15, 0.2) is 0 Å². The molecule has 0 heterocycles. The van der Waals surface area contributed by atoms with Crippen LogP contribution in [0.4, 0.5) is 5.69 Å². The molecule has 86 valence electrons. The molecule has 0 radical (unpaired) electrons. The zero-order chi connectivity index (χ0) is 12.0. The van der Waals surface area contributed by atoms with E-state index in [1.807, 2.05) is 24.3 Å². The van der Waals surface area contributed by atoms with Gasteiger partial charge in [0.1, 0.15) is 0 Å². The van der Waals surface area contributed by atoms with Crippen molar-refractivity contribution in [2.75, 3.05) is 24.6 Å². The van der Waals surface area contributed by atoms with E-state index in [9.17, 15) is 0 Å².